The van der Waals surface area contributed by atoms with Crippen molar-refractivity contribution in [3.8, 4) is 0 Å². The van der Waals surface area contributed by atoms with Crippen LogP contribution in [0.15, 0.2) is 12.1 Å². The fraction of sp³-hybridized carbons (Fsp3) is 0.429. The third kappa shape index (κ3) is 5.28. The van der Waals surface area contributed by atoms with E-state index in [-0.39, 0.29) is 5.56 Å². The lowest BCUT2D eigenvalue weighted by Gasteiger charge is -2.20. The lowest BCUT2D eigenvalue weighted by molar-refractivity contribution is -0.137. The molecule has 1 atom stereocenters. The summed E-state index contributed by atoms with van der Waals surface area (Å²) in [4.78, 5) is 22.2. The minimum Gasteiger partial charge on any atom is -0.481 e. The molecule has 122 valence electrons. The molecule has 0 saturated carbocycles. The number of hydrogen-bond acceptors (Lipinski definition) is 4. The van der Waals surface area contributed by atoms with Gasteiger partial charge < -0.3 is 15.6 Å². The van der Waals surface area contributed by atoms with Crippen LogP contribution >= 0.6 is 0 Å². The van der Waals surface area contributed by atoms with Gasteiger partial charge in [-0.3, -0.25) is 10.1 Å². The summed E-state index contributed by atoms with van der Waals surface area (Å²) in [5.41, 5.74) is 4.37. The van der Waals surface area contributed by atoms with Gasteiger partial charge in [-0.05, 0) is 38.5 Å². The van der Waals surface area contributed by atoms with Gasteiger partial charge in [0, 0.05) is 6.04 Å². The first-order chi connectivity index (χ1) is 9.99. The number of anilines is 1. The molecule has 0 aliphatic heterocycles. The second kappa shape index (κ2) is 6.69. The lowest BCUT2D eigenvalue weighted by atomic mass is 10.0. The highest BCUT2D eigenvalue weighted by molar-refractivity contribution is 5.85. The zero-order chi connectivity index (χ0) is 17.1. The average molecular weight is 316 g/mol. The zero-order valence-corrected chi connectivity index (χ0v) is 12.4. The molecule has 1 aromatic rings. The Kier molecular flexibility index (Phi) is 5.43. The average Bonchev–Trinajstić information content (AvgIpc) is 2.31. The van der Waals surface area contributed by atoms with E-state index in [1.54, 1.807) is 20.8 Å². The maximum Gasteiger partial charge on any atom is 0.412 e. The van der Waals surface area contributed by atoms with Crippen LogP contribution in [0, 0.1) is 11.6 Å². The van der Waals surface area contributed by atoms with Crippen LogP contribution in [0.2, 0.25) is 0 Å². The maximum atomic E-state index is 13.7. The molecule has 0 aromatic heterocycles. The second-order valence-corrected chi connectivity index (χ2v) is 5.70. The molecule has 8 heteroatoms. The van der Waals surface area contributed by atoms with Crippen molar-refractivity contribution in [2.45, 2.75) is 38.8 Å². The number of ether oxygens (including phenoxy) is 1. The van der Waals surface area contributed by atoms with Crippen molar-refractivity contribution < 1.29 is 28.2 Å². The number of carbonyl (C=O) groups excluding carboxylic acids is 1. The third-order valence-electron chi connectivity index (χ3n) is 2.51. The highest BCUT2D eigenvalue weighted by Crippen LogP contribution is 2.25. The monoisotopic (exact) mass is 316 g/mol. The predicted molar refractivity (Wildman–Crippen MR) is 75.4 cm³/mol. The van der Waals surface area contributed by atoms with Gasteiger partial charge in [0.05, 0.1) is 12.1 Å². The Morgan fingerprint density at radius 2 is 1.95 bits per heavy atom. The van der Waals surface area contributed by atoms with Crippen molar-refractivity contribution in [1.82, 2.24) is 0 Å². The summed E-state index contributed by atoms with van der Waals surface area (Å²) in [6, 6.07) is 0.839. The number of carboxylic acid groups (broad SMARTS) is 1. The number of amides is 1. The van der Waals surface area contributed by atoms with Crippen LogP contribution < -0.4 is 11.1 Å². The standard InChI is InChI=1S/C14H18F2N2O4/c1-14(2,3)22-13(21)18-10-5-7(4-8(15)12(10)16)9(17)6-11(19)20/h4-5,9H,6,17H2,1-3H3,(H,18,21)(H,19,20). The molecule has 1 unspecified atom stereocenters. The number of aliphatic carboxylic acids is 1. The van der Waals surface area contributed by atoms with Crippen LogP contribution in [0.3, 0.4) is 0 Å². The first-order valence-electron chi connectivity index (χ1n) is 6.46. The molecule has 22 heavy (non-hydrogen) atoms. The van der Waals surface area contributed by atoms with Crippen molar-refractivity contribution in [3.05, 3.63) is 29.3 Å². The molecule has 0 heterocycles. The van der Waals surface area contributed by atoms with E-state index in [1.807, 2.05) is 0 Å². The van der Waals surface area contributed by atoms with Crippen molar-refractivity contribution in [2.24, 2.45) is 5.73 Å². The normalized spacial score (nSPS) is 12.6. The number of carboxylic acids is 1. The Bertz CT molecular complexity index is 585. The molecule has 1 amide bonds. The highest BCUT2D eigenvalue weighted by atomic mass is 19.2. The zero-order valence-electron chi connectivity index (χ0n) is 12.4. The van der Waals surface area contributed by atoms with Gasteiger partial charge in [0.15, 0.2) is 11.6 Å². The van der Waals surface area contributed by atoms with Gasteiger partial charge in [-0.2, -0.15) is 0 Å². The molecule has 4 N–H and O–H groups in total. The van der Waals surface area contributed by atoms with Crippen LogP contribution in [0.1, 0.15) is 38.8 Å². The maximum absolute atomic E-state index is 13.7. The number of carbonyl (C=O) groups is 2. The van der Waals surface area contributed by atoms with Crippen LogP contribution in [-0.2, 0) is 9.53 Å². The Hall–Kier alpha value is -2.22. The largest absolute Gasteiger partial charge is 0.481 e. The van der Waals surface area contributed by atoms with Crippen molar-refractivity contribution >= 4 is 17.7 Å². The molecule has 0 spiro atoms. The van der Waals surface area contributed by atoms with Gasteiger partial charge in [-0.25, -0.2) is 13.6 Å². The van der Waals surface area contributed by atoms with Crippen molar-refractivity contribution in [2.75, 3.05) is 5.32 Å². The number of nitrogens with one attached hydrogen (secondary N) is 1. The summed E-state index contributed by atoms with van der Waals surface area (Å²) in [6.45, 7) is 4.84. The molecule has 0 bridgehead atoms. The van der Waals surface area contributed by atoms with Crippen LogP contribution in [-0.4, -0.2) is 22.8 Å². The topological polar surface area (TPSA) is 102 Å². The van der Waals surface area contributed by atoms with E-state index < -0.39 is 47.4 Å². The highest BCUT2D eigenvalue weighted by Gasteiger charge is 2.21. The third-order valence-corrected chi connectivity index (χ3v) is 2.51. The van der Waals surface area contributed by atoms with Gasteiger partial charge >= 0.3 is 12.1 Å². The first kappa shape index (κ1) is 17.8. The Morgan fingerprint density at radius 1 is 1.36 bits per heavy atom. The summed E-state index contributed by atoms with van der Waals surface area (Å²) in [5.74, 6) is -3.71. The molecule has 1 aromatic carbocycles. The van der Waals surface area contributed by atoms with Crippen LogP contribution in [0.25, 0.3) is 0 Å². The molecule has 6 nitrogen and oxygen atoms in total. The van der Waals surface area contributed by atoms with Gasteiger partial charge in [0.25, 0.3) is 0 Å². The van der Waals surface area contributed by atoms with Crippen molar-refractivity contribution in [1.29, 1.82) is 0 Å². The fourth-order valence-corrected chi connectivity index (χ4v) is 1.63. The van der Waals surface area contributed by atoms with Crippen molar-refractivity contribution in [3.63, 3.8) is 0 Å². The summed E-state index contributed by atoms with van der Waals surface area (Å²) in [6.07, 6.45) is -1.42. The summed E-state index contributed by atoms with van der Waals surface area (Å²) in [5, 5.41) is 10.8. The molecule has 0 radical (unpaired) electrons. The van der Waals surface area contributed by atoms with Gasteiger partial charge in [0.2, 0.25) is 0 Å². The van der Waals surface area contributed by atoms with Crippen LogP contribution in [0.4, 0.5) is 19.3 Å². The smallest absolute Gasteiger partial charge is 0.412 e. The Morgan fingerprint density at radius 3 is 2.45 bits per heavy atom. The quantitative estimate of drug-likeness (QED) is 0.793. The van der Waals surface area contributed by atoms with E-state index >= 15 is 0 Å². The molecule has 0 fully saturated rings. The van der Waals surface area contributed by atoms with E-state index in [0.717, 1.165) is 12.1 Å². The molecule has 0 aliphatic rings. The molecule has 0 aliphatic carbocycles. The first-order valence-corrected chi connectivity index (χ1v) is 6.46. The van der Waals surface area contributed by atoms with E-state index in [1.165, 1.54) is 0 Å². The van der Waals surface area contributed by atoms with E-state index in [0.29, 0.717) is 0 Å². The second-order valence-electron chi connectivity index (χ2n) is 5.70. The van der Waals surface area contributed by atoms with Gasteiger partial charge in [-0.1, -0.05) is 0 Å². The Balaban J connectivity index is 3.02. The number of benzene rings is 1. The number of rotatable bonds is 4. The SMILES string of the molecule is CC(C)(C)OC(=O)Nc1cc(C(N)CC(=O)O)cc(F)c1F. The summed E-state index contributed by atoms with van der Waals surface area (Å²) < 4.78 is 32.2. The van der Waals surface area contributed by atoms with E-state index in [4.69, 9.17) is 15.6 Å². The molecular weight excluding hydrogens is 298 g/mol. The summed E-state index contributed by atoms with van der Waals surface area (Å²) >= 11 is 0. The minimum absolute atomic E-state index is 0.0485. The number of hydrogen-bond donors (Lipinski definition) is 3. The van der Waals surface area contributed by atoms with Gasteiger partial charge in [-0.15, -0.1) is 0 Å². The van der Waals surface area contributed by atoms with E-state index in [9.17, 15) is 18.4 Å². The fourth-order valence-electron chi connectivity index (χ4n) is 1.63. The minimum atomic E-state index is -1.28. The molecule has 1 rings (SSSR count). The summed E-state index contributed by atoms with van der Waals surface area (Å²) in [7, 11) is 0. The molecule has 0 saturated heterocycles. The Labute approximate surface area is 126 Å². The van der Waals surface area contributed by atoms with Gasteiger partial charge in [0.1, 0.15) is 5.60 Å². The lowest BCUT2D eigenvalue weighted by Crippen LogP contribution is -2.27. The predicted octanol–water partition coefficient (Wildman–Crippen LogP) is 2.79. The molecular formula is C14H18F2N2O4. The van der Waals surface area contributed by atoms with Crippen LogP contribution in [0.5, 0.6) is 0 Å². The number of halogens is 2. The number of nitrogens with two attached hydrogens (primary N) is 1. The van der Waals surface area contributed by atoms with E-state index in [2.05, 4.69) is 5.32 Å².